The van der Waals surface area contributed by atoms with Crippen molar-refractivity contribution >= 4 is 35.2 Å². The van der Waals surface area contributed by atoms with Crippen molar-refractivity contribution in [2.45, 2.75) is 0 Å². The molecule has 1 N–H and O–H groups in total. The molecule has 0 aliphatic heterocycles. The number of halogens is 3. The van der Waals surface area contributed by atoms with Crippen LogP contribution in [0.2, 0.25) is 5.02 Å². The Morgan fingerprint density at radius 3 is 2.59 bits per heavy atom. The van der Waals surface area contributed by atoms with Crippen molar-refractivity contribution in [2.75, 3.05) is 12.4 Å². The van der Waals surface area contributed by atoms with E-state index < -0.39 is 28.9 Å². The Balaban J connectivity index is 2.67. The highest BCUT2D eigenvalue weighted by atomic mass is 35.5. The second kappa shape index (κ2) is 6.53. The number of nitrogens with one attached hydrogen (secondary N) is 1. The lowest BCUT2D eigenvalue weighted by molar-refractivity contribution is 0.0599. The van der Waals surface area contributed by atoms with Gasteiger partial charge in [0.25, 0.3) is 0 Å². The summed E-state index contributed by atoms with van der Waals surface area (Å²) in [6, 6.07) is 6.93. The number of benzene rings is 2. The van der Waals surface area contributed by atoms with Crippen LogP contribution < -0.4 is 5.32 Å². The predicted octanol–water partition coefficient (Wildman–Crippen LogP) is 3.96. The monoisotopic (exact) mass is 325 g/mol. The average Bonchev–Trinajstić information content (AvgIpc) is 2.52. The molecule has 0 radical (unpaired) electrons. The number of ether oxygens (including phenoxy) is 1. The quantitative estimate of drug-likeness (QED) is 0.683. The zero-order valence-corrected chi connectivity index (χ0v) is 12.1. The minimum absolute atomic E-state index is 0.231. The summed E-state index contributed by atoms with van der Waals surface area (Å²) in [4.78, 5) is 22.8. The molecule has 0 aliphatic carbocycles. The molecule has 2 rings (SSSR count). The van der Waals surface area contributed by atoms with Crippen LogP contribution in [0.15, 0.2) is 30.3 Å². The lowest BCUT2D eigenvalue weighted by Crippen LogP contribution is -2.12. The van der Waals surface area contributed by atoms with Crippen molar-refractivity contribution in [3.8, 4) is 0 Å². The van der Waals surface area contributed by atoms with Gasteiger partial charge in [-0.15, -0.1) is 0 Å². The number of para-hydroxylation sites is 1. The highest BCUT2D eigenvalue weighted by Crippen LogP contribution is 2.32. The molecule has 0 fully saturated rings. The summed E-state index contributed by atoms with van der Waals surface area (Å²) < 4.78 is 32.2. The molecule has 0 unspecified atom stereocenters. The summed E-state index contributed by atoms with van der Waals surface area (Å²) in [5.74, 6) is -3.56. The van der Waals surface area contributed by atoms with Crippen LogP contribution in [0.1, 0.15) is 20.7 Å². The molecule has 2 aromatic rings. The predicted molar refractivity (Wildman–Crippen MR) is 77.8 cm³/mol. The molecule has 22 heavy (non-hydrogen) atoms. The van der Waals surface area contributed by atoms with Gasteiger partial charge in [0.2, 0.25) is 0 Å². The van der Waals surface area contributed by atoms with Gasteiger partial charge >= 0.3 is 5.97 Å². The van der Waals surface area contributed by atoms with E-state index in [-0.39, 0.29) is 22.6 Å². The molecule has 4 nitrogen and oxygen atoms in total. The third kappa shape index (κ3) is 2.92. The van der Waals surface area contributed by atoms with Crippen LogP contribution in [0, 0.1) is 11.6 Å². The van der Waals surface area contributed by atoms with Crippen LogP contribution in [-0.2, 0) is 4.74 Å². The van der Waals surface area contributed by atoms with Gasteiger partial charge in [-0.2, -0.15) is 0 Å². The number of hydrogen-bond acceptors (Lipinski definition) is 4. The van der Waals surface area contributed by atoms with Crippen LogP contribution in [0.25, 0.3) is 0 Å². The molecule has 0 saturated heterocycles. The van der Waals surface area contributed by atoms with Gasteiger partial charge in [0.15, 0.2) is 17.9 Å². The largest absolute Gasteiger partial charge is 0.465 e. The van der Waals surface area contributed by atoms with E-state index >= 15 is 0 Å². The molecule has 114 valence electrons. The van der Waals surface area contributed by atoms with E-state index in [1.165, 1.54) is 12.1 Å². The summed E-state index contributed by atoms with van der Waals surface area (Å²) in [6.45, 7) is 0. The first-order valence-electron chi connectivity index (χ1n) is 6.06. The highest BCUT2D eigenvalue weighted by molar-refractivity contribution is 6.33. The molecule has 0 heterocycles. The number of anilines is 2. The maximum atomic E-state index is 14.1. The van der Waals surface area contributed by atoms with Crippen molar-refractivity contribution < 1.29 is 23.1 Å². The molecule has 0 spiro atoms. The summed E-state index contributed by atoms with van der Waals surface area (Å²) >= 11 is 5.94. The lowest BCUT2D eigenvalue weighted by Gasteiger charge is -2.15. The third-order valence-corrected chi connectivity index (χ3v) is 3.23. The molecule has 2 aromatic carbocycles. The number of esters is 1. The van der Waals surface area contributed by atoms with Gasteiger partial charge in [-0.05, 0) is 18.2 Å². The molecule has 0 bridgehead atoms. The molecule has 0 aromatic heterocycles. The summed E-state index contributed by atoms with van der Waals surface area (Å²) in [6.07, 6.45) is 0.243. The van der Waals surface area contributed by atoms with Gasteiger partial charge in [-0.25, -0.2) is 13.6 Å². The van der Waals surface area contributed by atoms with Gasteiger partial charge in [0, 0.05) is 5.56 Å². The lowest BCUT2D eigenvalue weighted by atomic mass is 10.0. The van der Waals surface area contributed by atoms with E-state index in [1.807, 2.05) is 0 Å². The number of methoxy groups -OCH3 is 1. The van der Waals surface area contributed by atoms with Crippen molar-refractivity contribution in [1.82, 2.24) is 0 Å². The fourth-order valence-electron chi connectivity index (χ4n) is 1.88. The molecule has 0 atom stereocenters. The molecule has 0 aliphatic rings. The van der Waals surface area contributed by atoms with Crippen molar-refractivity contribution in [3.05, 3.63) is 58.1 Å². The Kier molecular flexibility index (Phi) is 4.72. The number of hydrogen-bond donors (Lipinski definition) is 1. The van der Waals surface area contributed by atoms with Crippen molar-refractivity contribution in [1.29, 1.82) is 0 Å². The van der Waals surface area contributed by atoms with E-state index in [1.54, 1.807) is 12.1 Å². The Morgan fingerprint density at radius 1 is 1.32 bits per heavy atom. The molecular formula is C15H10ClF2NO3. The summed E-state index contributed by atoms with van der Waals surface area (Å²) in [7, 11) is 1.07. The topological polar surface area (TPSA) is 55.4 Å². The first kappa shape index (κ1) is 15.9. The fraction of sp³-hybridized carbons (Fsp3) is 0.0667. The molecular weight excluding hydrogens is 316 g/mol. The van der Waals surface area contributed by atoms with Crippen molar-refractivity contribution in [2.24, 2.45) is 0 Å². The minimum atomic E-state index is -1.31. The van der Waals surface area contributed by atoms with Crippen LogP contribution in [0.3, 0.4) is 0 Å². The Labute approximate surface area is 129 Å². The van der Waals surface area contributed by atoms with Crippen LogP contribution in [0.4, 0.5) is 20.2 Å². The maximum absolute atomic E-state index is 14.1. The second-order valence-corrected chi connectivity index (χ2v) is 4.63. The van der Waals surface area contributed by atoms with Gasteiger partial charge in [0.1, 0.15) is 0 Å². The molecule has 0 amide bonds. The molecule has 0 saturated carbocycles. The van der Waals surface area contributed by atoms with E-state index in [4.69, 9.17) is 11.6 Å². The minimum Gasteiger partial charge on any atom is -0.465 e. The SMILES string of the molecule is COC(=O)c1c(C=O)cc(F)c(F)c1Nc1ccccc1Cl. The molecule has 7 heteroatoms. The van der Waals surface area contributed by atoms with E-state index in [9.17, 15) is 18.4 Å². The average molecular weight is 326 g/mol. The summed E-state index contributed by atoms with van der Waals surface area (Å²) in [5.41, 5.74) is -1.01. The Hall–Kier alpha value is -2.47. The zero-order chi connectivity index (χ0) is 16.3. The van der Waals surface area contributed by atoms with Crippen LogP contribution in [-0.4, -0.2) is 19.4 Å². The highest BCUT2D eigenvalue weighted by Gasteiger charge is 2.24. The van der Waals surface area contributed by atoms with E-state index in [0.717, 1.165) is 7.11 Å². The number of carbonyl (C=O) groups excluding carboxylic acids is 2. The number of aldehydes is 1. The Morgan fingerprint density at radius 2 is 2.00 bits per heavy atom. The van der Waals surface area contributed by atoms with Gasteiger partial charge in [-0.3, -0.25) is 4.79 Å². The standard InChI is InChI=1S/C15H10ClF2NO3/c1-22-15(21)12-8(7-20)6-10(17)13(18)14(12)19-11-5-3-2-4-9(11)16/h2-7,19H,1H3. The van der Waals surface area contributed by atoms with E-state index in [2.05, 4.69) is 10.1 Å². The van der Waals surface area contributed by atoms with Crippen LogP contribution in [0.5, 0.6) is 0 Å². The van der Waals surface area contributed by atoms with E-state index in [0.29, 0.717) is 6.07 Å². The second-order valence-electron chi connectivity index (χ2n) is 4.23. The summed E-state index contributed by atoms with van der Waals surface area (Å²) in [5, 5.41) is 2.76. The number of rotatable bonds is 4. The zero-order valence-electron chi connectivity index (χ0n) is 11.3. The fourth-order valence-corrected chi connectivity index (χ4v) is 2.06. The Bertz CT molecular complexity index is 750. The smallest absolute Gasteiger partial charge is 0.340 e. The normalized spacial score (nSPS) is 10.2. The van der Waals surface area contributed by atoms with Gasteiger partial charge < -0.3 is 10.1 Å². The maximum Gasteiger partial charge on any atom is 0.340 e. The third-order valence-electron chi connectivity index (χ3n) is 2.90. The van der Waals surface area contributed by atoms with Gasteiger partial charge in [0.05, 0.1) is 29.1 Å². The first-order chi connectivity index (χ1) is 10.5. The number of carbonyl (C=O) groups is 2. The van der Waals surface area contributed by atoms with Crippen LogP contribution >= 0.6 is 11.6 Å². The van der Waals surface area contributed by atoms with Crippen molar-refractivity contribution in [3.63, 3.8) is 0 Å². The first-order valence-corrected chi connectivity index (χ1v) is 6.44. The van der Waals surface area contributed by atoms with Gasteiger partial charge in [-0.1, -0.05) is 23.7 Å².